The van der Waals surface area contributed by atoms with Gasteiger partial charge in [0.2, 0.25) is 0 Å². The van der Waals surface area contributed by atoms with E-state index in [0.29, 0.717) is 16.0 Å². The molecule has 0 fully saturated rings. The van der Waals surface area contributed by atoms with E-state index < -0.39 is 0 Å². The summed E-state index contributed by atoms with van der Waals surface area (Å²) >= 11 is 12.4. The summed E-state index contributed by atoms with van der Waals surface area (Å²) in [5.74, 6) is 0.653. The van der Waals surface area contributed by atoms with Gasteiger partial charge in [0, 0.05) is 11.2 Å². The van der Waals surface area contributed by atoms with Crippen LogP contribution in [0.3, 0.4) is 0 Å². The summed E-state index contributed by atoms with van der Waals surface area (Å²) < 4.78 is 1.63. The van der Waals surface area contributed by atoms with Crippen molar-refractivity contribution in [3.8, 4) is 5.69 Å². The molecular weight excluding hydrogens is 333 g/mol. The van der Waals surface area contributed by atoms with Gasteiger partial charge in [0.15, 0.2) is 0 Å². The van der Waals surface area contributed by atoms with Crippen LogP contribution in [-0.2, 0) is 0 Å². The molecule has 2 heterocycles. The van der Waals surface area contributed by atoms with Crippen LogP contribution >= 0.6 is 23.2 Å². The largest absolute Gasteiger partial charge is 0.261 e. The average molecular weight is 346 g/mol. The van der Waals surface area contributed by atoms with Crippen LogP contribution in [0.5, 0.6) is 0 Å². The summed E-state index contributed by atoms with van der Waals surface area (Å²) in [4.78, 5) is 4.12. The molecule has 0 amide bonds. The van der Waals surface area contributed by atoms with E-state index in [-0.39, 0.29) is 0 Å². The number of rotatable bonds is 4. The van der Waals surface area contributed by atoms with Gasteiger partial charge in [0.1, 0.15) is 11.0 Å². The van der Waals surface area contributed by atoms with Crippen LogP contribution < -0.4 is 5.43 Å². The molecule has 0 aliphatic carbocycles. The molecule has 0 spiro atoms. The van der Waals surface area contributed by atoms with E-state index in [9.17, 15) is 0 Å². The molecule has 0 saturated heterocycles. The molecule has 1 aromatic carbocycles. The zero-order valence-electron chi connectivity index (χ0n) is 12.2. The molecule has 0 aliphatic rings. The molecular formula is C16H13Cl2N5. The quantitative estimate of drug-likeness (QED) is 0.565. The molecule has 1 N–H and O–H groups in total. The van der Waals surface area contributed by atoms with Crippen molar-refractivity contribution in [3.05, 3.63) is 70.1 Å². The molecule has 5 nitrogen and oxygen atoms in total. The number of pyridine rings is 1. The van der Waals surface area contributed by atoms with Crippen molar-refractivity contribution in [1.29, 1.82) is 0 Å². The molecule has 23 heavy (non-hydrogen) atoms. The maximum atomic E-state index is 6.42. The Bertz CT molecular complexity index is 843. The van der Waals surface area contributed by atoms with Crippen molar-refractivity contribution < 1.29 is 0 Å². The summed E-state index contributed by atoms with van der Waals surface area (Å²) in [5.41, 5.74) is 5.14. The second-order valence-electron chi connectivity index (χ2n) is 4.77. The molecule has 0 aliphatic heterocycles. The molecule has 0 atom stereocenters. The third-order valence-corrected chi connectivity index (χ3v) is 3.74. The summed E-state index contributed by atoms with van der Waals surface area (Å²) in [6, 6.07) is 12.9. The molecule has 3 aromatic rings. The summed E-state index contributed by atoms with van der Waals surface area (Å²) in [6.07, 6.45) is 3.31. The van der Waals surface area contributed by atoms with Gasteiger partial charge in [-0.1, -0.05) is 35.3 Å². The Balaban J connectivity index is 1.86. The minimum atomic E-state index is 0.469. The number of nitrogens with zero attached hydrogens (tertiary/aromatic N) is 4. The van der Waals surface area contributed by atoms with Crippen LogP contribution in [0, 0.1) is 6.92 Å². The fraction of sp³-hybridized carbons (Fsp3) is 0.0625. The lowest BCUT2D eigenvalue weighted by atomic mass is 10.3. The predicted octanol–water partition coefficient (Wildman–Crippen LogP) is 4.33. The Hall–Kier alpha value is -2.37. The molecule has 0 saturated carbocycles. The summed E-state index contributed by atoms with van der Waals surface area (Å²) in [7, 11) is 0. The molecule has 116 valence electrons. The Morgan fingerprint density at radius 3 is 2.78 bits per heavy atom. The van der Waals surface area contributed by atoms with E-state index in [1.54, 1.807) is 29.2 Å². The number of benzene rings is 1. The van der Waals surface area contributed by atoms with Crippen molar-refractivity contribution in [2.45, 2.75) is 6.92 Å². The Morgan fingerprint density at radius 1 is 1.17 bits per heavy atom. The highest BCUT2D eigenvalue weighted by molar-refractivity contribution is 6.32. The van der Waals surface area contributed by atoms with Gasteiger partial charge in [0.25, 0.3) is 0 Å². The fourth-order valence-electron chi connectivity index (χ4n) is 2.03. The first-order valence-corrected chi connectivity index (χ1v) is 7.62. The van der Waals surface area contributed by atoms with E-state index in [0.717, 1.165) is 16.9 Å². The van der Waals surface area contributed by atoms with Crippen molar-refractivity contribution in [3.63, 3.8) is 0 Å². The normalized spacial score (nSPS) is 11.1. The number of hydrogen-bond acceptors (Lipinski definition) is 4. The van der Waals surface area contributed by atoms with Crippen molar-refractivity contribution in [1.82, 2.24) is 14.8 Å². The number of hydrazone groups is 1. The highest BCUT2D eigenvalue weighted by Crippen LogP contribution is 2.23. The number of hydrogen-bond donors (Lipinski definition) is 1. The number of nitrogens with one attached hydrogen (secondary N) is 1. The second kappa shape index (κ2) is 6.81. The number of halogens is 2. The zero-order valence-corrected chi connectivity index (χ0v) is 13.8. The van der Waals surface area contributed by atoms with Gasteiger partial charge in [-0.25, -0.2) is 9.67 Å². The van der Waals surface area contributed by atoms with Crippen LogP contribution in [0.1, 0.15) is 11.3 Å². The predicted molar refractivity (Wildman–Crippen MR) is 93.8 cm³/mol. The Morgan fingerprint density at radius 2 is 2.04 bits per heavy atom. The smallest absolute Gasteiger partial charge is 0.146 e. The number of anilines is 1. The lowest BCUT2D eigenvalue weighted by Gasteiger charge is -2.03. The monoisotopic (exact) mass is 345 g/mol. The van der Waals surface area contributed by atoms with Gasteiger partial charge in [-0.05, 0) is 37.3 Å². The topological polar surface area (TPSA) is 55.1 Å². The molecule has 7 heteroatoms. The van der Waals surface area contributed by atoms with Crippen LogP contribution in [-0.4, -0.2) is 21.0 Å². The average Bonchev–Trinajstić information content (AvgIpc) is 2.84. The fourth-order valence-corrected chi connectivity index (χ4v) is 2.53. The first-order valence-electron chi connectivity index (χ1n) is 6.86. The minimum absolute atomic E-state index is 0.469. The molecule has 0 bridgehead atoms. The third-order valence-electron chi connectivity index (χ3n) is 3.14. The first-order chi connectivity index (χ1) is 11.1. The van der Waals surface area contributed by atoms with E-state index in [4.69, 9.17) is 23.2 Å². The van der Waals surface area contributed by atoms with Crippen molar-refractivity contribution in [2.75, 3.05) is 5.43 Å². The van der Waals surface area contributed by atoms with Gasteiger partial charge in [-0.3, -0.25) is 5.43 Å². The Kier molecular flexibility index (Phi) is 4.60. The van der Waals surface area contributed by atoms with Crippen LogP contribution in [0.15, 0.2) is 53.8 Å². The van der Waals surface area contributed by atoms with E-state index in [1.807, 2.05) is 37.3 Å². The minimum Gasteiger partial charge on any atom is -0.261 e. The van der Waals surface area contributed by atoms with Gasteiger partial charge in [0.05, 0.1) is 23.2 Å². The Labute approximate surface area is 143 Å². The second-order valence-corrected chi connectivity index (χ2v) is 5.56. The maximum Gasteiger partial charge on any atom is 0.146 e. The summed E-state index contributed by atoms with van der Waals surface area (Å²) in [5, 5.41) is 9.69. The van der Waals surface area contributed by atoms with Gasteiger partial charge in [-0.2, -0.15) is 10.2 Å². The maximum absolute atomic E-state index is 6.42. The highest BCUT2D eigenvalue weighted by Gasteiger charge is 2.13. The van der Waals surface area contributed by atoms with Gasteiger partial charge >= 0.3 is 0 Å². The summed E-state index contributed by atoms with van der Waals surface area (Å²) in [6.45, 7) is 1.87. The lowest BCUT2D eigenvalue weighted by Crippen LogP contribution is -1.96. The molecule has 3 rings (SSSR count). The van der Waals surface area contributed by atoms with Crippen molar-refractivity contribution >= 4 is 35.2 Å². The standard InChI is InChI=1S/C16H13Cl2N5/c1-11-14(10-20-21-15-7-2-3-8-19-15)16(18)23(22-11)13-6-4-5-12(17)9-13/h2-10H,1H3,(H,19,21). The molecule has 2 aromatic heterocycles. The van der Waals surface area contributed by atoms with Crippen LogP contribution in [0.4, 0.5) is 5.82 Å². The van der Waals surface area contributed by atoms with Crippen molar-refractivity contribution in [2.24, 2.45) is 5.10 Å². The molecule has 0 radical (unpaired) electrons. The third kappa shape index (κ3) is 3.52. The van der Waals surface area contributed by atoms with Gasteiger partial charge in [-0.15, -0.1) is 0 Å². The lowest BCUT2D eigenvalue weighted by molar-refractivity contribution is 0.863. The van der Waals surface area contributed by atoms with E-state index in [1.165, 1.54) is 0 Å². The van der Waals surface area contributed by atoms with Gasteiger partial charge < -0.3 is 0 Å². The zero-order chi connectivity index (χ0) is 16.2. The van der Waals surface area contributed by atoms with Crippen LogP contribution in [0.25, 0.3) is 5.69 Å². The van der Waals surface area contributed by atoms with E-state index in [2.05, 4.69) is 20.6 Å². The molecule has 0 unspecified atom stereocenters. The first kappa shape index (κ1) is 15.5. The highest BCUT2D eigenvalue weighted by atomic mass is 35.5. The number of aryl methyl sites for hydroxylation is 1. The SMILES string of the molecule is Cc1nn(-c2cccc(Cl)c2)c(Cl)c1C=NNc1ccccn1. The van der Waals surface area contributed by atoms with Crippen LogP contribution in [0.2, 0.25) is 10.2 Å². The number of aromatic nitrogens is 3. The van der Waals surface area contributed by atoms with E-state index >= 15 is 0 Å².